The monoisotopic (exact) mass is 296 g/mol. The van der Waals surface area contributed by atoms with E-state index in [1.807, 2.05) is 6.07 Å². The Morgan fingerprint density at radius 2 is 1.91 bits per heavy atom. The maximum atomic E-state index is 12.4. The van der Waals surface area contributed by atoms with Crippen molar-refractivity contribution >= 4 is 11.8 Å². The lowest BCUT2D eigenvalue weighted by Gasteiger charge is -2.14. The Kier molecular flexibility index (Phi) is 3.91. The largest absolute Gasteiger partial charge is 0.477 e. The van der Waals surface area contributed by atoms with Crippen molar-refractivity contribution in [2.24, 2.45) is 0 Å². The fraction of sp³-hybridized carbons (Fsp3) is 0.125. The zero-order valence-electron chi connectivity index (χ0n) is 12.0. The molecule has 0 spiro atoms. The zero-order valence-corrected chi connectivity index (χ0v) is 12.0. The van der Waals surface area contributed by atoms with Crippen molar-refractivity contribution in [2.75, 3.05) is 0 Å². The first-order valence-corrected chi connectivity index (χ1v) is 6.38. The van der Waals surface area contributed by atoms with E-state index in [0.29, 0.717) is 16.9 Å². The number of carbonyl (C=O) groups is 2. The molecule has 1 N–H and O–H groups in total. The molecule has 1 heterocycles. The van der Waals surface area contributed by atoms with E-state index in [2.05, 4.69) is 0 Å². The van der Waals surface area contributed by atoms with Gasteiger partial charge in [0.1, 0.15) is 5.56 Å². The first-order chi connectivity index (χ1) is 10.4. The van der Waals surface area contributed by atoms with Crippen LogP contribution in [0.2, 0.25) is 0 Å². The molecule has 1 aromatic heterocycles. The third kappa shape index (κ3) is 2.52. The van der Waals surface area contributed by atoms with Gasteiger partial charge in [-0.25, -0.2) is 4.79 Å². The summed E-state index contributed by atoms with van der Waals surface area (Å²) >= 11 is 0. The second-order valence-electron chi connectivity index (χ2n) is 4.72. The van der Waals surface area contributed by atoms with Gasteiger partial charge < -0.3 is 5.11 Å². The Morgan fingerprint density at radius 1 is 1.23 bits per heavy atom. The molecule has 0 bridgehead atoms. The maximum Gasteiger partial charge on any atom is 0.341 e. The van der Waals surface area contributed by atoms with E-state index in [-0.39, 0.29) is 11.3 Å². The third-order valence-electron chi connectivity index (χ3n) is 3.29. The third-order valence-corrected chi connectivity index (χ3v) is 3.29. The molecule has 0 aliphatic heterocycles. The molecule has 0 atom stereocenters. The number of carboxylic acid groups (broad SMARTS) is 1. The highest BCUT2D eigenvalue weighted by Crippen LogP contribution is 2.16. The zero-order chi connectivity index (χ0) is 16.4. The molecule has 0 aliphatic carbocycles. The number of hydrogen-bond donors (Lipinski definition) is 1. The number of hydrogen-bond acceptors (Lipinski definition) is 4. The number of benzene rings is 1. The highest BCUT2D eigenvalue weighted by molar-refractivity contribution is 5.98. The number of pyridine rings is 1. The minimum absolute atomic E-state index is 0.152. The van der Waals surface area contributed by atoms with E-state index in [0.717, 1.165) is 10.6 Å². The van der Waals surface area contributed by atoms with Gasteiger partial charge in [0.05, 0.1) is 17.3 Å². The highest BCUT2D eigenvalue weighted by atomic mass is 16.4. The van der Waals surface area contributed by atoms with Crippen LogP contribution >= 0.6 is 0 Å². The summed E-state index contributed by atoms with van der Waals surface area (Å²) in [6.45, 7) is 2.86. The number of aromatic carboxylic acids is 1. The minimum atomic E-state index is -1.40. The summed E-state index contributed by atoms with van der Waals surface area (Å²) in [5, 5.41) is 18.1. The lowest BCUT2D eigenvalue weighted by atomic mass is 10.1. The molecule has 1 aromatic carbocycles. The number of carboxylic acids is 1. The molecular weight excluding hydrogens is 284 g/mol. The van der Waals surface area contributed by atoms with Crippen LogP contribution in [0.15, 0.2) is 35.1 Å². The first kappa shape index (κ1) is 15.2. The van der Waals surface area contributed by atoms with Crippen molar-refractivity contribution in [1.82, 2.24) is 4.57 Å². The molecule has 2 aromatic rings. The van der Waals surface area contributed by atoms with E-state index in [4.69, 9.17) is 10.4 Å². The number of nitriles is 1. The van der Waals surface area contributed by atoms with Crippen LogP contribution < -0.4 is 5.56 Å². The summed E-state index contributed by atoms with van der Waals surface area (Å²) in [4.78, 5) is 35.3. The molecular formula is C16H12N2O4. The maximum absolute atomic E-state index is 12.4. The van der Waals surface area contributed by atoms with Crippen LogP contribution in [0.3, 0.4) is 0 Å². The van der Waals surface area contributed by atoms with Crippen molar-refractivity contribution in [3.63, 3.8) is 0 Å². The molecule has 22 heavy (non-hydrogen) atoms. The van der Waals surface area contributed by atoms with Crippen LogP contribution in [0, 0.1) is 18.3 Å². The fourth-order valence-electron chi connectivity index (χ4n) is 2.24. The second kappa shape index (κ2) is 5.66. The smallest absolute Gasteiger partial charge is 0.341 e. The van der Waals surface area contributed by atoms with Crippen LogP contribution in [0.5, 0.6) is 0 Å². The van der Waals surface area contributed by atoms with Gasteiger partial charge in [0, 0.05) is 11.3 Å². The van der Waals surface area contributed by atoms with E-state index in [1.165, 1.54) is 13.0 Å². The number of rotatable bonds is 3. The molecule has 0 saturated carbocycles. The van der Waals surface area contributed by atoms with Crippen LogP contribution in [0.25, 0.3) is 5.69 Å². The average Bonchev–Trinajstić information content (AvgIpc) is 2.47. The Labute approximate surface area is 125 Å². The van der Waals surface area contributed by atoms with Crippen LogP contribution in [0.4, 0.5) is 0 Å². The van der Waals surface area contributed by atoms with Crippen molar-refractivity contribution in [3.05, 3.63) is 63.1 Å². The van der Waals surface area contributed by atoms with Crippen molar-refractivity contribution in [3.8, 4) is 11.8 Å². The van der Waals surface area contributed by atoms with E-state index in [9.17, 15) is 14.4 Å². The molecule has 2 rings (SSSR count). The molecule has 0 saturated heterocycles. The SMILES string of the molecule is CC(=O)c1cc(C(=O)O)c(=O)n(-c2cccc(C#N)c2)c1C. The topological polar surface area (TPSA) is 100 Å². The average molecular weight is 296 g/mol. The van der Waals surface area contributed by atoms with E-state index < -0.39 is 17.1 Å². The Morgan fingerprint density at radius 3 is 2.45 bits per heavy atom. The van der Waals surface area contributed by atoms with Crippen LogP contribution in [0.1, 0.15) is 38.9 Å². The van der Waals surface area contributed by atoms with Gasteiger partial charge in [0.25, 0.3) is 5.56 Å². The summed E-state index contributed by atoms with van der Waals surface area (Å²) in [5.74, 6) is -1.75. The summed E-state index contributed by atoms with van der Waals surface area (Å²) in [6.07, 6.45) is 0. The Balaban J connectivity index is 2.90. The fourth-order valence-corrected chi connectivity index (χ4v) is 2.24. The van der Waals surface area contributed by atoms with E-state index >= 15 is 0 Å². The van der Waals surface area contributed by atoms with Gasteiger partial charge in [-0.15, -0.1) is 0 Å². The van der Waals surface area contributed by atoms with Crippen molar-refractivity contribution in [1.29, 1.82) is 5.26 Å². The molecule has 0 aliphatic rings. The molecule has 0 unspecified atom stereocenters. The van der Waals surface area contributed by atoms with Crippen LogP contribution in [-0.2, 0) is 0 Å². The second-order valence-corrected chi connectivity index (χ2v) is 4.72. The van der Waals surface area contributed by atoms with Crippen molar-refractivity contribution in [2.45, 2.75) is 13.8 Å². The minimum Gasteiger partial charge on any atom is -0.477 e. The van der Waals surface area contributed by atoms with Crippen LogP contribution in [-0.4, -0.2) is 21.4 Å². The van der Waals surface area contributed by atoms with E-state index in [1.54, 1.807) is 25.1 Å². The molecule has 0 amide bonds. The van der Waals surface area contributed by atoms with Gasteiger partial charge in [-0.2, -0.15) is 5.26 Å². The molecule has 110 valence electrons. The Bertz CT molecular complexity index is 888. The van der Waals surface area contributed by atoms with Gasteiger partial charge in [-0.3, -0.25) is 14.2 Å². The summed E-state index contributed by atoms with van der Waals surface area (Å²) < 4.78 is 1.14. The molecule has 0 radical (unpaired) electrons. The highest BCUT2D eigenvalue weighted by Gasteiger charge is 2.19. The lowest BCUT2D eigenvalue weighted by molar-refractivity contribution is 0.0694. The predicted molar refractivity (Wildman–Crippen MR) is 78.5 cm³/mol. The standard InChI is InChI=1S/C16H12N2O4/c1-9-13(10(2)19)7-14(16(21)22)15(20)18(9)12-5-3-4-11(6-12)8-17/h3-7H,1-2H3,(H,21,22). The number of Topliss-reactive ketones (excluding diaryl/α,β-unsaturated/α-hetero) is 1. The van der Waals surface area contributed by atoms with Gasteiger partial charge in [-0.05, 0) is 38.1 Å². The first-order valence-electron chi connectivity index (χ1n) is 6.38. The quantitative estimate of drug-likeness (QED) is 0.872. The molecule has 0 fully saturated rings. The van der Waals surface area contributed by atoms with Gasteiger partial charge in [-0.1, -0.05) is 6.07 Å². The number of ketones is 1. The van der Waals surface area contributed by atoms with Gasteiger partial charge in [0.2, 0.25) is 0 Å². The molecule has 6 nitrogen and oxygen atoms in total. The number of aromatic nitrogens is 1. The number of nitrogens with zero attached hydrogens (tertiary/aromatic N) is 2. The lowest BCUT2D eigenvalue weighted by Crippen LogP contribution is -2.28. The normalized spacial score (nSPS) is 10.0. The summed E-state index contributed by atoms with van der Waals surface area (Å²) in [5.41, 5.74) is -0.0822. The summed E-state index contributed by atoms with van der Waals surface area (Å²) in [7, 11) is 0. The predicted octanol–water partition coefficient (Wildman–Crippen LogP) is 1.92. The van der Waals surface area contributed by atoms with Crippen molar-refractivity contribution < 1.29 is 14.7 Å². The van der Waals surface area contributed by atoms with Gasteiger partial charge >= 0.3 is 5.97 Å². The van der Waals surface area contributed by atoms with Gasteiger partial charge in [0.15, 0.2) is 5.78 Å². The summed E-state index contributed by atoms with van der Waals surface area (Å²) in [6, 6.07) is 9.23. The number of carbonyl (C=O) groups excluding carboxylic acids is 1. The molecule has 6 heteroatoms. The Hall–Kier alpha value is -3.20.